The molecule has 0 aliphatic carbocycles. The summed E-state index contributed by atoms with van der Waals surface area (Å²) in [6.07, 6.45) is 0. The lowest BCUT2D eigenvalue weighted by Gasteiger charge is -2.13. The number of nitrogens with one attached hydrogen (secondary N) is 1. The molecule has 0 saturated heterocycles. The normalized spacial score (nSPS) is 12.0. The fourth-order valence-electron chi connectivity index (χ4n) is 2.87. The van der Waals surface area contributed by atoms with Crippen molar-refractivity contribution in [2.45, 2.75) is 18.7 Å². The molecule has 0 aliphatic heterocycles. The largest absolute Gasteiger partial charge is 0.505 e. The van der Waals surface area contributed by atoms with Crippen molar-refractivity contribution in [2.24, 2.45) is 10.2 Å². The highest BCUT2D eigenvalue weighted by atomic mass is 32.2. The van der Waals surface area contributed by atoms with Crippen LogP contribution in [0.1, 0.15) is 11.1 Å². The Kier molecular flexibility index (Phi) is 4.86. The smallest absolute Gasteiger partial charge is 0.294 e. The number of nitrogens with zero attached hydrogens (tertiary/aromatic N) is 2. The maximum atomic E-state index is 11.5. The molecule has 3 N–H and O–H groups in total. The summed E-state index contributed by atoms with van der Waals surface area (Å²) < 4.78 is 32.4. The van der Waals surface area contributed by atoms with Crippen LogP contribution in [0.4, 0.5) is 17.1 Å². The molecule has 0 aromatic heterocycles. The highest BCUT2D eigenvalue weighted by Gasteiger charge is 2.18. The molecule has 8 heteroatoms. The molecule has 0 amide bonds. The number of hydrogen-bond acceptors (Lipinski definition) is 6. The molecule has 140 valence electrons. The first kappa shape index (κ1) is 18.8. The van der Waals surface area contributed by atoms with Gasteiger partial charge in [0.25, 0.3) is 10.1 Å². The third-order valence-corrected chi connectivity index (χ3v) is 5.12. The van der Waals surface area contributed by atoms with Gasteiger partial charge >= 0.3 is 0 Å². The van der Waals surface area contributed by atoms with E-state index in [1.807, 2.05) is 31.2 Å². The van der Waals surface area contributed by atoms with Crippen molar-refractivity contribution in [3.8, 4) is 5.75 Å². The van der Waals surface area contributed by atoms with Gasteiger partial charge in [-0.1, -0.05) is 18.2 Å². The van der Waals surface area contributed by atoms with Crippen molar-refractivity contribution in [3.05, 3.63) is 53.6 Å². The maximum absolute atomic E-state index is 11.5. The molecule has 0 spiro atoms. The number of azo groups is 1. The van der Waals surface area contributed by atoms with Crippen molar-refractivity contribution in [1.82, 2.24) is 0 Å². The molecular weight excluding hydrogens is 366 g/mol. The van der Waals surface area contributed by atoms with Crippen LogP contribution in [0.2, 0.25) is 0 Å². The number of aromatic hydroxyl groups is 1. The number of phenols is 1. The van der Waals surface area contributed by atoms with E-state index in [2.05, 4.69) is 15.5 Å². The van der Waals surface area contributed by atoms with E-state index < -0.39 is 10.1 Å². The lowest BCUT2D eigenvalue weighted by molar-refractivity contribution is 0.480. The van der Waals surface area contributed by atoms with Crippen molar-refractivity contribution >= 4 is 38.0 Å². The Morgan fingerprint density at radius 3 is 2.33 bits per heavy atom. The van der Waals surface area contributed by atoms with Gasteiger partial charge < -0.3 is 10.4 Å². The molecule has 3 aromatic carbocycles. The van der Waals surface area contributed by atoms with Gasteiger partial charge in [-0.25, -0.2) is 0 Å². The van der Waals surface area contributed by atoms with Crippen LogP contribution in [0.3, 0.4) is 0 Å². The van der Waals surface area contributed by atoms with Gasteiger partial charge in [0.05, 0.1) is 10.6 Å². The maximum Gasteiger partial charge on any atom is 0.294 e. The van der Waals surface area contributed by atoms with Gasteiger partial charge in [0.2, 0.25) is 0 Å². The van der Waals surface area contributed by atoms with Crippen LogP contribution in [0, 0.1) is 13.8 Å². The molecule has 0 heterocycles. The van der Waals surface area contributed by atoms with Gasteiger partial charge in [-0.3, -0.25) is 4.55 Å². The minimum Gasteiger partial charge on any atom is -0.505 e. The van der Waals surface area contributed by atoms with E-state index in [9.17, 15) is 18.1 Å². The van der Waals surface area contributed by atoms with Crippen LogP contribution >= 0.6 is 0 Å². The fraction of sp³-hybridized carbons (Fsp3) is 0.158. The fourth-order valence-corrected chi connectivity index (χ4v) is 3.42. The first-order valence-electron chi connectivity index (χ1n) is 8.15. The summed E-state index contributed by atoms with van der Waals surface area (Å²) in [7, 11) is -2.78. The van der Waals surface area contributed by atoms with Crippen LogP contribution in [0.5, 0.6) is 5.75 Å². The average Bonchev–Trinajstić information content (AvgIpc) is 2.61. The van der Waals surface area contributed by atoms with E-state index in [1.54, 1.807) is 20.0 Å². The Bertz CT molecular complexity index is 1170. The monoisotopic (exact) mass is 385 g/mol. The summed E-state index contributed by atoms with van der Waals surface area (Å²) in [6.45, 7) is 3.65. The molecule has 7 nitrogen and oxygen atoms in total. The van der Waals surface area contributed by atoms with E-state index in [0.29, 0.717) is 33.4 Å². The highest BCUT2D eigenvalue weighted by Crippen LogP contribution is 2.43. The van der Waals surface area contributed by atoms with Gasteiger partial charge in [0.1, 0.15) is 5.69 Å². The summed E-state index contributed by atoms with van der Waals surface area (Å²) in [5, 5.41) is 22.9. The third-order valence-electron chi connectivity index (χ3n) is 4.29. The number of anilines is 1. The predicted octanol–water partition coefficient (Wildman–Crippen LogP) is 4.87. The summed E-state index contributed by atoms with van der Waals surface area (Å²) in [5.41, 5.74) is 2.90. The van der Waals surface area contributed by atoms with Crippen LogP contribution in [-0.4, -0.2) is 25.1 Å². The third kappa shape index (κ3) is 3.62. The van der Waals surface area contributed by atoms with E-state index in [1.165, 1.54) is 12.1 Å². The van der Waals surface area contributed by atoms with Crippen molar-refractivity contribution < 1.29 is 18.1 Å². The zero-order chi connectivity index (χ0) is 19.8. The number of benzene rings is 3. The Hall–Kier alpha value is -2.97. The standard InChI is InChI=1S/C19H19N3O4S/c1-11-6-4-5-7-15(11)21-22-18-12(2)8-13-9-14(27(24,25)26)10-16(20-3)17(13)19(18)23/h4-10,20,23H,1-3H3,(H,24,25,26). The van der Waals surface area contributed by atoms with Crippen LogP contribution in [0.15, 0.2) is 57.6 Å². The Balaban J connectivity index is 2.23. The zero-order valence-corrected chi connectivity index (χ0v) is 15.9. The molecule has 0 unspecified atom stereocenters. The molecule has 0 fully saturated rings. The second kappa shape index (κ2) is 6.98. The Morgan fingerprint density at radius 2 is 1.70 bits per heavy atom. The van der Waals surface area contributed by atoms with E-state index in [-0.39, 0.29) is 10.6 Å². The first-order valence-corrected chi connectivity index (χ1v) is 9.59. The molecule has 0 bridgehead atoms. The number of hydrogen-bond donors (Lipinski definition) is 3. The molecule has 3 rings (SSSR count). The van der Waals surface area contributed by atoms with Crippen LogP contribution in [-0.2, 0) is 10.1 Å². The lowest BCUT2D eigenvalue weighted by Crippen LogP contribution is -2.00. The van der Waals surface area contributed by atoms with E-state index in [4.69, 9.17) is 0 Å². The predicted molar refractivity (Wildman–Crippen MR) is 105 cm³/mol. The molecule has 0 atom stereocenters. The first-order chi connectivity index (χ1) is 12.7. The van der Waals surface area contributed by atoms with Crippen LogP contribution in [0.25, 0.3) is 10.8 Å². The van der Waals surface area contributed by atoms with Crippen molar-refractivity contribution in [3.63, 3.8) is 0 Å². The number of phenolic OH excluding ortho intramolecular Hbond substituents is 1. The van der Waals surface area contributed by atoms with Gasteiger partial charge in [-0.2, -0.15) is 13.5 Å². The minimum absolute atomic E-state index is 0.117. The minimum atomic E-state index is -4.38. The summed E-state index contributed by atoms with van der Waals surface area (Å²) in [4.78, 5) is -0.257. The summed E-state index contributed by atoms with van der Waals surface area (Å²) in [5.74, 6) is -0.117. The lowest BCUT2D eigenvalue weighted by atomic mass is 10.0. The molecule has 0 saturated carbocycles. The van der Waals surface area contributed by atoms with Gasteiger partial charge in [0.15, 0.2) is 5.75 Å². The number of rotatable bonds is 4. The second-order valence-corrected chi connectivity index (χ2v) is 7.59. The van der Waals surface area contributed by atoms with Gasteiger partial charge in [0, 0.05) is 18.1 Å². The Morgan fingerprint density at radius 1 is 1.00 bits per heavy atom. The Labute approximate surface area is 157 Å². The van der Waals surface area contributed by atoms with E-state index >= 15 is 0 Å². The van der Waals surface area contributed by atoms with E-state index in [0.717, 1.165) is 5.56 Å². The average molecular weight is 385 g/mol. The molecule has 3 aromatic rings. The van der Waals surface area contributed by atoms with Gasteiger partial charge in [-0.05, 0) is 54.6 Å². The highest BCUT2D eigenvalue weighted by molar-refractivity contribution is 7.85. The SMILES string of the molecule is CNc1cc(S(=O)(=O)O)cc2cc(C)c(N=Nc3ccccc3C)c(O)c12. The van der Waals surface area contributed by atoms with Crippen molar-refractivity contribution in [2.75, 3.05) is 12.4 Å². The summed E-state index contributed by atoms with van der Waals surface area (Å²) >= 11 is 0. The number of aryl methyl sites for hydroxylation is 2. The topological polar surface area (TPSA) is 111 Å². The zero-order valence-electron chi connectivity index (χ0n) is 15.1. The summed E-state index contributed by atoms with van der Waals surface area (Å²) in [6, 6.07) is 11.7. The quantitative estimate of drug-likeness (QED) is 0.438. The van der Waals surface area contributed by atoms with Crippen molar-refractivity contribution in [1.29, 1.82) is 0 Å². The number of fused-ring (bicyclic) bond motifs is 1. The van der Waals surface area contributed by atoms with Gasteiger partial charge in [-0.15, -0.1) is 5.11 Å². The molecule has 27 heavy (non-hydrogen) atoms. The molecular formula is C19H19N3O4S. The second-order valence-electron chi connectivity index (χ2n) is 6.17. The molecule has 0 radical (unpaired) electrons. The molecule has 0 aliphatic rings. The van der Waals surface area contributed by atoms with Crippen LogP contribution < -0.4 is 5.32 Å².